The molecule has 1 saturated heterocycles. The lowest BCUT2D eigenvalue weighted by Gasteiger charge is -2.25. The van der Waals surface area contributed by atoms with Crippen molar-refractivity contribution in [2.24, 2.45) is 5.92 Å². The summed E-state index contributed by atoms with van der Waals surface area (Å²) in [5.74, 6) is -0.240. The average Bonchev–Trinajstić information content (AvgIpc) is 2.90. The van der Waals surface area contributed by atoms with Gasteiger partial charge in [0.15, 0.2) is 0 Å². The molecule has 0 spiro atoms. The Hall–Kier alpha value is -0.590. The van der Waals surface area contributed by atoms with Crippen LogP contribution in [-0.2, 0) is 0 Å². The maximum absolute atomic E-state index is 10.1. The Morgan fingerprint density at radius 3 is 2.85 bits per heavy atom. The van der Waals surface area contributed by atoms with E-state index in [1.165, 1.54) is 12.8 Å². The lowest BCUT2D eigenvalue weighted by atomic mass is 9.89. The Balaban J connectivity index is 1.98. The second-order valence-corrected chi connectivity index (χ2v) is 4.41. The Bertz CT molecular complexity index is 244. The molecule has 0 amide bonds. The van der Waals surface area contributed by atoms with Crippen molar-refractivity contribution in [1.82, 2.24) is 4.90 Å². The summed E-state index contributed by atoms with van der Waals surface area (Å²) in [6.07, 6.45) is 3.31. The zero-order valence-electron chi connectivity index (χ0n) is 8.03. The van der Waals surface area contributed by atoms with Gasteiger partial charge in [0.25, 0.3) is 0 Å². The predicted molar refractivity (Wildman–Crippen MR) is 48.9 cm³/mol. The molecule has 3 nitrogen and oxygen atoms in total. The Morgan fingerprint density at radius 1 is 1.62 bits per heavy atom. The van der Waals surface area contributed by atoms with Crippen LogP contribution in [0.5, 0.6) is 0 Å². The molecule has 2 rings (SSSR count). The highest BCUT2D eigenvalue weighted by Gasteiger charge is 2.45. The van der Waals surface area contributed by atoms with Gasteiger partial charge in [-0.25, -0.2) is 0 Å². The fourth-order valence-electron chi connectivity index (χ4n) is 2.07. The predicted octanol–water partition coefficient (Wildman–Crippen LogP) is 0.745. The zero-order valence-corrected chi connectivity index (χ0v) is 8.03. The first-order chi connectivity index (χ1) is 6.15. The summed E-state index contributed by atoms with van der Waals surface area (Å²) in [4.78, 5) is 2.33. The summed E-state index contributed by atoms with van der Waals surface area (Å²) in [6, 6.07) is 2.86. The van der Waals surface area contributed by atoms with Gasteiger partial charge in [0.05, 0.1) is 17.6 Å². The molecule has 0 aromatic carbocycles. The van der Waals surface area contributed by atoms with Crippen LogP contribution in [0.1, 0.15) is 26.2 Å². The number of likely N-dealkylation sites (tertiary alicyclic amines) is 1. The van der Waals surface area contributed by atoms with Crippen LogP contribution in [0.4, 0.5) is 0 Å². The van der Waals surface area contributed by atoms with Gasteiger partial charge in [-0.1, -0.05) is 0 Å². The summed E-state index contributed by atoms with van der Waals surface area (Å²) in [6.45, 7) is 3.48. The molecule has 1 N–H and O–H groups in total. The smallest absolute Gasteiger partial charge is 0.0940 e. The molecule has 1 saturated carbocycles. The Kier molecular flexibility index (Phi) is 2.05. The van der Waals surface area contributed by atoms with Gasteiger partial charge in [0.1, 0.15) is 0 Å². The normalized spacial score (nSPS) is 37.3. The van der Waals surface area contributed by atoms with Gasteiger partial charge in [0.2, 0.25) is 0 Å². The van der Waals surface area contributed by atoms with Crippen molar-refractivity contribution in [1.29, 1.82) is 5.26 Å². The highest BCUT2D eigenvalue weighted by molar-refractivity contribution is 5.04. The van der Waals surface area contributed by atoms with Gasteiger partial charge in [-0.3, -0.25) is 4.90 Å². The number of β-amino-alcohol motifs (C(OH)–C–C–N with tert-alkyl or cyclic N) is 1. The molecule has 13 heavy (non-hydrogen) atoms. The van der Waals surface area contributed by atoms with Crippen molar-refractivity contribution in [3.63, 3.8) is 0 Å². The number of nitriles is 1. The van der Waals surface area contributed by atoms with Crippen LogP contribution < -0.4 is 0 Å². The second kappa shape index (κ2) is 2.97. The minimum atomic E-state index is -0.739. The SMILES string of the molecule is CC(C#N)C1(O)CCN(C2CC2)C1. The minimum Gasteiger partial charge on any atom is -0.387 e. The molecular formula is C10H16N2O. The van der Waals surface area contributed by atoms with Crippen LogP contribution >= 0.6 is 0 Å². The summed E-state index contributed by atoms with van der Waals surface area (Å²) < 4.78 is 0. The van der Waals surface area contributed by atoms with E-state index in [1.54, 1.807) is 0 Å². The first kappa shape index (κ1) is 8.98. The van der Waals surface area contributed by atoms with Crippen LogP contribution in [-0.4, -0.2) is 34.7 Å². The van der Waals surface area contributed by atoms with Crippen LogP contribution in [0.15, 0.2) is 0 Å². The quantitative estimate of drug-likeness (QED) is 0.682. The largest absolute Gasteiger partial charge is 0.387 e. The third-order valence-electron chi connectivity index (χ3n) is 3.37. The number of hydrogen-bond acceptors (Lipinski definition) is 3. The van der Waals surface area contributed by atoms with Crippen molar-refractivity contribution in [2.45, 2.75) is 37.8 Å². The molecular weight excluding hydrogens is 164 g/mol. The van der Waals surface area contributed by atoms with Crippen LogP contribution in [0.3, 0.4) is 0 Å². The van der Waals surface area contributed by atoms with Gasteiger partial charge >= 0.3 is 0 Å². The molecule has 2 aliphatic rings. The van der Waals surface area contributed by atoms with Gasteiger partial charge in [-0.2, -0.15) is 5.26 Å². The molecule has 2 fully saturated rings. The topological polar surface area (TPSA) is 47.3 Å². The Labute approximate surface area is 79.0 Å². The summed E-state index contributed by atoms with van der Waals surface area (Å²) in [5.41, 5.74) is -0.739. The van der Waals surface area contributed by atoms with Crippen LogP contribution in [0.25, 0.3) is 0 Å². The molecule has 2 atom stereocenters. The Morgan fingerprint density at radius 2 is 2.31 bits per heavy atom. The highest BCUT2D eigenvalue weighted by atomic mass is 16.3. The van der Waals surface area contributed by atoms with Crippen molar-refractivity contribution in [3.8, 4) is 6.07 Å². The average molecular weight is 180 g/mol. The van der Waals surface area contributed by atoms with Gasteiger partial charge in [-0.05, 0) is 26.2 Å². The molecule has 1 heterocycles. The van der Waals surface area contributed by atoms with E-state index in [4.69, 9.17) is 5.26 Å². The van der Waals surface area contributed by atoms with Gasteiger partial charge < -0.3 is 5.11 Å². The van der Waals surface area contributed by atoms with Gasteiger partial charge in [-0.15, -0.1) is 0 Å². The molecule has 2 unspecified atom stereocenters. The van der Waals surface area contributed by atoms with E-state index in [9.17, 15) is 5.11 Å². The summed E-state index contributed by atoms with van der Waals surface area (Å²) >= 11 is 0. The third-order valence-corrected chi connectivity index (χ3v) is 3.37. The highest BCUT2D eigenvalue weighted by Crippen LogP contribution is 2.36. The first-order valence-electron chi connectivity index (χ1n) is 5.02. The zero-order chi connectivity index (χ0) is 9.47. The third kappa shape index (κ3) is 1.56. The van der Waals surface area contributed by atoms with Crippen molar-refractivity contribution in [3.05, 3.63) is 0 Å². The molecule has 0 bridgehead atoms. The lowest BCUT2D eigenvalue weighted by molar-refractivity contribution is 0.0172. The van der Waals surface area contributed by atoms with E-state index in [0.29, 0.717) is 12.6 Å². The maximum Gasteiger partial charge on any atom is 0.0940 e. The van der Waals surface area contributed by atoms with Crippen LogP contribution in [0.2, 0.25) is 0 Å². The fourth-order valence-corrected chi connectivity index (χ4v) is 2.07. The minimum absolute atomic E-state index is 0.240. The van der Waals surface area contributed by atoms with E-state index in [2.05, 4.69) is 11.0 Å². The first-order valence-corrected chi connectivity index (χ1v) is 5.02. The molecule has 1 aliphatic carbocycles. The van der Waals surface area contributed by atoms with Crippen molar-refractivity contribution in [2.75, 3.05) is 13.1 Å². The lowest BCUT2D eigenvalue weighted by Crippen LogP contribution is -2.39. The van der Waals surface area contributed by atoms with E-state index < -0.39 is 5.60 Å². The van der Waals surface area contributed by atoms with Gasteiger partial charge in [0, 0.05) is 19.1 Å². The number of nitrogens with zero attached hydrogens (tertiary/aromatic N) is 2. The molecule has 3 heteroatoms. The van der Waals surface area contributed by atoms with Crippen LogP contribution in [0, 0.1) is 17.2 Å². The molecule has 0 aromatic heterocycles. The number of hydrogen-bond donors (Lipinski definition) is 1. The van der Waals surface area contributed by atoms with E-state index in [1.807, 2.05) is 6.92 Å². The maximum atomic E-state index is 10.1. The fraction of sp³-hybridized carbons (Fsp3) is 0.900. The molecule has 0 aromatic rings. The van der Waals surface area contributed by atoms with Crippen molar-refractivity contribution < 1.29 is 5.11 Å². The number of rotatable bonds is 2. The summed E-state index contributed by atoms with van der Waals surface area (Å²) in [7, 11) is 0. The second-order valence-electron chi connectivity index (χ2n) is 4.41. The van der Waals surface area contributed by atoms with E-state index in [0.717, 1.165) is 13.0 Å². The van der Waals surface area contributed by atoms with Crippen molar-refractivity contribution >= 4 is 0 Å². The van der Waals surface area contributed by atoms with E-state index in [-0.39, 0.29) is 5.92 Å². The molecule has 1 aliphatic heterocycles. The number of aliphatic hydroxyl groups is 1. The van der Waals surface area contributed by atoms with E-state index >= 15 is 0 Å². The standard InChI is InChI=1S/C10H16N2O/c1-8(6-11)10(13)4-5-12(7-10)9-2-3-9/h8-9,13H,2-5,7H2,1H3. The molecule has 0 radical (unpaired) electrons. The molecule has 72 valence electrons. The summed E-state index contributed by atoms with van der Waals surface area (Å²) in [5, 5.41) is 18.9. The monoisotopic (exact) mass is 180 g/mol.